The van der Waals surface area contributed by atoms with Crippen LogP contribution in [-0.2, 0) is 37.9 Å². The van der Waals surface area contributed by atoms with Gasteiger partial charge in [-0.25, -0.2) is 0 Å². The Morgan fingerprint density at radius 2 is 1.23 bits per heavy atom. The number of aryl methyl sites for hydroxylation is 1. The van der Waals surface area contributed by atoms with Crippen LogP contribution < -0.4 is 20.1 Å². The fourth-order valence-corrected chi connectivity index (χ4v) is 4.05. The summed E-state index contributed by atoms with van der Waals surface area (Å²) in [6, 6.07) is 18.7. The second-order valence-corrected chi connectivity index (χ2v) is 9.85. The Labute approximate surface area is 285 Å². The first-order valence-corrected chi connectivity index (χ1v) is 14.4. The summed E-state index contributed by atoms with van der Waals surface area (Å²) in [6.45, 7) is 5.12. The van der Waals surface area contributed by atoms with Crippen LogP contribution in [0.3, 0.4) is 0 Å². The van der Waals surface area contributed by atoms with Gasteiger partial charge in [0, 0.05) is 52.6 Å². The number of ether oxygens (including phenoxy) is 1. The number of aromatic hydroxyl groups is 2. The van der Waals surface area contributed by atoms with Crippen LogP contribution in [-0.4, -0.2) is 45.2 Å². The molecule has 12 heteroatoms. The Hall–Kier alpha value is -4.93. The molecule has 2 N–H and O–H groups in total. The molecule has 0 radical (unpaired) electrons. The molecule has 2 aromatic heterocycles. The fraction of sp³-hybridized carbons (Fsp3) is 0.286. The van der Waals surface area contributed by atoms with Gasteiger partial charge in [-0.3, -0.25) is 9.97 Å². The predicted octanol–water partition coefficient (Wildman–Crippen LogP) is 3.29. The smallest absolute Gasteiger partial charge is 0.550 e. The van der Waals surface area contributed by atoms with Gasteiger partial charge in [0.25, 0.3) is 0 Å². The molecule has 0 amide bonds. The molecule has 0 saturated carbocycles. The molecule has 4 aromatic rings. The minimum absolute atomic E-state index is 0. The minimum Gasteiger partial charge on any atom is -0.550 e. The number of para-hydroxylation sites is 1. The van der Waals surface area contributed by atoms with Crippen molar-refractivity contribution in [3.8, 4) is 50.9 Å². The van der Waals surface area contributed by atoms with Crippen molar-refractivity contribution >= 4 is 17.9 Å². The van der Waals surface area contributed by atoms with Crippen molar-refractivity contribution in [2.24, 2.45) is 0 Å². The second-order valence-electron chi connectivity index (χ2n) is 9.85. The number of pyridine rings is 2. The standard InChI is InChI=1S/C29H30N2O3.3C2H4O2.Mn/c1-3-4-5-6-8-20-9-7-10-24(29(20)33)21-11-14-26(30-18-21)27-15-12-22(19-31-27)25-17-23(34-2)13-16-28(25)32;3*1-2(3)4;/h7,9-19,32-33H,3-6,8H2,1-2H3;3*1H3,(H,3,4);/q;;;;+3/p-3. The Kier molecular flexibility index (Phi) is 20.2. The summed E-state index contributed by atoms with van der Waals surface area (Å²) in [7, 11) is 1.59. The van der Waals surface area contributed by atoms with Crippen LogP contribution in [0.1, 0.15) is 58.9 Å². The first kappa shape index (κ1) is 42.1. The van der Waals surface area contributed by atoms with Gasteiger partial charge in [-0.15, -0.1) is 0 Å². The van der Waals surface area contributed by atoms with Gasteiger partial charge < -0.3 is 44.7 Å². The molecule has 0 saturated heterocycles. The zero-order chi connectivity index (χ0) is 34.6. The Balaban J connectivity index is 0.00000141. The van der Waals surface area contributed by atoms with Crippen molar-refractivity contribution in [2.75, 3.05) is 7.11 Å². The zero-order valence-electron chi connectivity index (χ0n) is 27.0. The first-order valence-electron chi connectivity index (χ1n) is 14.4. The fourth-order valence-electron chi connectivity index (χ4n) is 4.05. The van der Waals surface area contributed by atoms with Crippen LogP contribution in [0, 0.1) is 0 Å². The number of unbranched alkanes of at least 4 members (excludes halogenated alkanes) is 3. The third-order valence-corrected chi connectivity index (χ3v) is 6.03. The van der Waals surface area contributed by atoms with Crippen molar-refractivity contribution < 1.29 is 61.7 Å². The van der Waals surface area contributed by atoms with Crippen LogP contribution in [0.5, 0.6) is 17.2 Å². The molecule has 0 fully saturated rings. The van der Waals surface area contributed by atoms with Crippen molar-refractivity contribution in [3.63, 3.8) is 0 Å². The van der Waals surface area contributed by atoms with Crippen molar-refractivity contribution in [1.82, 2.24) is 9.97 Å². The van der Waals surface area contributed by atoms with Gasteiger partial charge in [0.2, 0.25) is 0 Å². The van der Waals surface area contributed by atoms with E-state index in [-0.39, 0.29) is 22.8 Å². The van der Waals surface area contributed by atoms with E-state index >= 15 is 0 Å². The molecular formula is C35H39MnN2O9. The number of aromatic nitrogens is 2. The van der Waals surface area contributed by atoms with E-state index in [0.29, 0.717) is 17.1 Å². The van der Waals surface area contributed by atoms with Gasteiger partial charge in [-0.05, 0) is 69.5 Å². The van der Waals surface area contributed by atoms with Gasteiger partial charge in [0.05, 0.1) is 18.5 Å². The zero-order valence-corrected chi connectivity index (χ0v) is 28.2. The molecule has 4 rings (SSSR count). The van der Waals surface area contributed by atoms with E-state index in [1.807, 2.05) is 42.5 Å². The number of phenols is 2. The monoisotopic (exact) mass is 686 g/mol. The summed E-state index contributed by atoms with van der Waals surface area (Å²) in [6.07, 6.45) is 9.05. The SMILES string of the molecule is CC(=O)[O-].CC(=O)[O-].CC(=O)[O-].CCCCCCc1cccc(-c2ccc(-c3ccc(-c4cc(OC)ccc4O)cn3)nc2)c1O.[Mn+3]. The molecule has 0 aliphatic heterocycles. The Bertz CT molecular complexity index is 1500. The molecule has 11 nitrogen and oxygen atoms in total. The van der Waals surface area contributed by atoms with Crippen LogP contribution in [0.15, 0.2) is 73.1 Å². The van der Waals surface area contributed by atoms with Gasteiger partial charge in [-0.1, -0.05) is 56.5 Å². The normalized spacial score (nSPS) is 9.47. The summed E-state index contributed by atoms with van der Waals surface area (Å²) >= 11 is 0. The number of rotatable bonds is 9. The van der Waals surface area contributed by atoms with E-state index in [4.69, 9.17) is 34.4 Å². The number of carboxylic acids is 3. The molecule has 2 aromatic carbocycles. The predicted molar refractivity (Wildman–Crippen MR) is 168 cm³/mol. The largest absolute Gasteiger partial charge is 3.00 e. The topological polar surface area (TPSA) is 196 Å². The van der Waals surface area contributed by atoms with E-state index < -0.39 is 17.9 Å². The molecule has 2 heterocycles. The number of hydrogen-bond donors (Lipinski definition) is 2. The number of carbonyl (C=O) groups excluding carboxylic acids is 3. The third kappa shape index (κ3) is 16.3. The van der Waals surface area contributed by atoms with Crippen LogP contribution in [0.25, 0.3) is 33.6 Å². The first-order chi connectivity index (χ1) is 21.8. The molecule has 0 aliphatic rings. The van der Waals surface area contributed by atoms with Gasteiger partial charge >= 0.3 is 17.1 Å². The molecular weight excluding hydrogens is 647 g/mol. The Morgan fingerprint density at radius 1 is 0.723 bits per heavy atom. The molecule has 0 aliphatic carbocycles. The number of carbonyl (C=O) groups is 3. The van der Waals surface area contributed by atoms with E-state index in [2.05, 4.69) is 16.9 Å². The minimum atomic E-state index is -1.08. The van der Waals surface area contributed by atoms with Gasteiger partial charge in [0.1, 0.15) is 17.2 Å². The van der Waals surface area contributed by atoms with Gasteiger partial charge in [-0.2, -0.15) is 0 Å². The van der Waals surface area contributed by atoms with Crippen molar-refractivity contribution in [3.05, 3.63) is 78.6 Å². The van der Waals surface area contributed by atoms with E-state index in [1.54, 1.807) is 37.7 Å². The van der Waals surface area contributed by atoms with E-state index in [0.717, 1.165) is 67.3 Å². The summed E-state index contributed by atoms with van der Waals surface area (Å²) in [5.41, 5.74) is 5.56. The number of nitrogens with zero attached hydrogens (tertiary/aromatic N) is 2. The molecule has 0 unspecified atom stereocenters. The number of methoxy groups -OCH3 is 1. The maximum atomic E-state index is 10.8. The quantitative estimate of drug-likeness (QED) is 0.194. The number of benzene rings is 2. The Morgan fingerprint density at radius 3 is 1.68 bits per heavy atom. The summed E-state index contributed by atoms with van der Waals surface area (Å²) < 4.78 is 5.26. The molecule has 0 spiro atoms. The summed E-state index contributed by atoms with van der Waals surface area (Å²) in [5.74, 6) is -2.07. The van der Waals surface area contributed by atoms with Crippen molar-refractivity contribution in [1.29, 1.82) is 0 Å². The van der Waals surface area contributed by atoms with Crippen LogP contribution >= 0.6 is 0 Å². The van der Waals surface area contributed by atoms with Crippen LogP contribution in [0.2, 0.25) is 0 Å². The average molecular weight is 687 g/mol. The number of aliphatic carboxylic acids is 3. The number of phenolic OH excluding ortho intramolecular Hbond substituents is 2. The van der Waals surface area contributed by atoms with Gasteiger partial charge in [0.15, 0.2) is 0 Å². The number of hydrogen-bond acceptors (Lipinski definition) is 11. The molecule has 0 atom stereocenters. The maximum Gasteiger partial charge on any atom is 3.00 e. The molecule has 47 heavy (non-hydrogen) atoms. The van der Waals surface area contributed by atoms with E-state index in [9.17, 15) is 10.2 Å². The molecule has 0 bridgehead atoms. The van der Waals surface area contributed by atoms with E-state index in [1.165, 1.54) is 19.3 Å². The van der Waals surface area contributed by atoms with Crippen LogP contribution in [0.4, 0.5) is 0 Å². The summed E-state index contributed by atoms with van der Waals surface area (Å²) in [4.78, 5) is 35.8. The maximum absolute atomic E-state index is 10.8. The van der Waals surface area contributed by atoms with Crippen molar-refractivity contribution in [2.45, 2.75) is 59.8 Å². The average Bonchev–Trinajstić information content (AvgIpc) is 3.00. The summed E-state index contributed by atoms with van der Waals surface area (Å²) in [5, 5.41) is 47.7. The molecule has 250 valence electrons. The number of carboxylic acid groups (broad SMARTS) is 3. The second kappa shape index (κ2) is 22.6. The third-order valence-electron chi connectivity index (χ3n) is 6.03.